The summed E-state index contributed by atoms with van der Waals surface area (Å²) in [7, 11) is 1.32. The predicted octanol–water partition coefficient (Wildman–Crippen LogP) is 3.19. The van der Waals surface area contributed by atoms with Gasteiger partial charge < -0.3 is 14.8 Å². The zero-order valence-corrected chi connectivity index (χ0v) is 16.1. The molecule has 1 aromatic carbocycles. The van der Waals surface area contributed by atoms with E-state index in [1.54, 1.807) is 39.0 Å². The first-order valence-corrected chi connectivity index (χ1v) is 8.89. The zero-order chi connectivity index (χ0) is 19.0. The van der Waals surface area contributed by atoms with Crippen LogP contribution < -0.4 is 5.32 Å². The number of benzene rings is 1. The maximum atomic E-state index is 12.0. The van der Waals surface area contributed by atoms with Crippen LogP contribution in [0.3, 0.4) is 0 Å². The van der Waals surface area contributed by atoms with E-state index in [2.05, 4.69) is 5.32 Å². The van der Waals surface area contributed by atoms with Gasteiger partial charge in [0.25, 0.3) is 0 Å². The van der Waals surface area contributed by atoms with Crippen LogP contribution in [-0.2, 0) is 20.7 Å². The lowest BCUT2D eigenvalue weighted by Crippen LogP contribution is -2.41. The molecule has 0 bridgehead atoms. The molecule has 0 aliphatic rings. The summed E-state index contributed by atoms with van der Waals surface area (Å²) in [6, 6.07) is 6.68. The first-order valence-electron chi connectivity index (χ1n) is 7.91. The minimum absolute atomic E-state index is 0.0284. The minimum atomic E-state index is -0.604. The standard InChI is InChI=1S/C18H25NO5S/c1-12(20)25-11-15(19-17(22)24-18(2,3)4)10-13-7-6-8-14(9-13)16(21)23-5/h6-9,15H,10-11H2,1-5H3,(H,19,22). The molecule has 0 saturated carbocycles. The number of hydrogen-bond acceptors (Lipinski definition) is 6. The molecule has 1 atom stereocenters. The lowest BCUT2D eigenvalue weighted by molar-refractivity contribution is -0.109. The lowest BCUT2D eigenvalue weighted by Gasteiger charge is -2.23. The van der Waals surface area contributed by atoms with Gasteiger partial charge in [-0.05, 0) is 44.9 Å². The van der Waals surface area contributed by atoms with Crippen molar-refractivity contribution in [3.8, 4) is 0 Å². The van der Waals surface area contributed by atoms with Crippen LogP contribution in [0.25, 0.3) is 0 Å². The van der Waals surface area contributed by atoms with E-state index in [0.717, 1.165) is 17.3 Å². The maximum absolute atomic E-state index is 12.0. The fourth-order valence-corrected chi connectivity index (χ4v) is 2.71. The van der Waals surface area contributed by atoms with Gasteiger partial charge in [0.05, 0.1) is 12.7 Å². The molecule has 1 N–H and O–H groups in total. The van der Waals surface area contributed by atoms with Gasteiger partial charge >= 0.3 is 12.1 Å². The van der Waals surface area contributed by atoms with Crippen LogP contribution in [0, 0.1) is 0 Å². The van der Waals surface area contributed by atoms with Crippen LogP contribution >= 0.6 is 11.8 Å². The zero-order valence-electron chi connectivity index (χ0n) is 15.3. The quantitative estimate of drug-likeness (QED) is 0.778. The fourth-order valence-electron chi connectivity index (χ4n) is 2.07. The largest absolute Gasteiger partial charge is 0.465 e. The number of carbonyl (C=O) groups excluding carboxylic acids is 3. The van der Waals surface area contributed by atoms with Crippen LogP contribution in [0.15, 0.2) is 24.3 Å². The summed E-state index contributed by atoms with van der Waals surface area (Å²) in [5.41, 5.74) is 0.691. The molecule has 1 unspecified atom stereocenters. The molecular weight excluding hydrogens is 342 g/mol. The number of carbonyl (C=O) groups is 3. The van der Waals surface area contributed by atoms with E-state index in [0.29, 0.717) is 17.7 Å². The van der Waals surface area contributed by atoms with E-state index in [-0.39, 0.29) is 11.2 Å². The number of hydrogen-bond donors (Lipinski definition) is 1. The molecule has 0 fully saturated rings. The number of alkyl carbamates (subject to hydrolysis) is 1. The van der Waals surface area contributed by atoms with Crippen molar-refractivity contribution < 1.29 is 23.9 Å². The Kier molecular flexibility index (Phi) is 7.96. The Balaban J connectivity index is 2.84. The highest BCUT2D eigenvalue weighted by atomic mass is 32.2. The first kappa shape index (κ1) is 21.0. The lowest BCUT2D eigenvalue weighted by atomic mass is 10.0. The number of esters is 1. The topological polar surface area (TPSA) is 81.7 Å². The van der Waals surface area contributed by atoms with Crippen molar-refractivity contribution in [1.29, 1.82) is 0 Å². The van der Waals surface area contributed by atoms with E-state index in [1.807, 2.05) is 6.07 Å². The predicted molar refractivity (Wildman–Crippen MR) is 97.8 cm³/mol. The molecule has 0 saturated heterocycles. The highest BCUT2D eigenvalue weighted by Gasteiger charge is 2.20. The smallest absolute Gasteiger partial charge is 0.407 e. The van der Waals surface area contributed by atoms with Gasteiger partial charge in [-0.25, -0.2) is 9.59 Å². The van der Waals surface area contributed by atoms with Gasteiger partial charge in [0.1, 0.15) is 5.60 Å². The Bertz CT molecular complexity index is 624. The number of amides is 1. The minimum Gasteiger partial charge on any atom is -0.465 e. The van der Waals surface area contributed by atoms with E-state index >= 15 is 0 Å². The van der Waals surface area contributed by atoms with Crippen LogP contribution in [0.1, 0.15) is 43.6 Å². The third-order valence-electron chi connectivity index (χ3n) is 3.04. The maximum Gasteiger partial charge on any atom is 0.407 e. The van der Waals surface area contributed by atoms with Crippen molar-refractivity contribution in [2.24, 2.45) is 0 Å². The second-order valence-electron chi connectivity index (χ2n) is 6.54. The Morgan fingerprint density at radius 1 is 1.24 bits per heavy atom. The average molecular weight is 367 g/mol. The molecule has 0 heterocycles. The molecule has 138 valence electrons. The van der Waals surface area contributed by atoms with Crippen molar-refractivity contribution in [1.82, 2.24) is 5.32 Å². The van der Waals surface area contributed by atoms with Gasteiger partial charge in [-0.3, -0.25) is 4.79 Å². The Morgan fingerprint density at radius 2 is 1.92 bits per heavy atom. The molecule has 0 spiro atoms. The number of methoxy groups -OCH3 is 1. The van der Waals surface area contributed by atoms with Gasteiger partial charge in [0, 0.05) is 18.7 Å². The summed E-state index contributed by atoms with van der Waals surface area (Å²) in [5.74, 6) is -0.00609. The van der Waals surface area contributed by atoms with Gasteiger partial charge in [-0.1, -0.05) is 23.9 Å². The number of ether oxygens (including phenoxy) is 2. The molecule has 1 rings (SSSR count). The molecule has 25 heavy (non-hydrogen) atoms. The average Bonchev–Trinajstić information content (AvgIpc) is 2.50. The second kappa shape index (κ2) is 9.46. The van der Waals surface area contributed by atoms with Crippen LogP contribution in [-0.4, -0.2) is 41.7 Å². The number of nitrogens with one attached hydrogen (secondary N) is 1. The molecule has 6 nitrogen and oxygen atoms in total. The van der Waals surface area contributed by atoms with Crippen LogP contribution in [0.2, 0.25) is 0 Å². The summed E-state index contributed by atoms with van der Waals surface area (Å²) in [6.45, 7) is 6.83. The number of rotatable bonds is 6. The van der Waals surface area contributed by atoms with E-state index in [1.165, 1.54) is 14.0 Å². The molecule has 0 radical (unpaired) electrons. The molecule has 0 aromatic heterocycles. The fraction of sp³-hybridized carbons (Fsp3) is 0.500. The third kappa shape index (κ3) is 8.58. The van der Waals surface area contributed by atoms with Gasteiger partial charge in [-0.15, -0.1) is 0 Å². The van der Waals surface area contributed by atoms with Crippen LogP contribution in [0.4, 0.5) is 4.79 Å². The van der Waals surface area contributed by atoms with E-state index < -0.39 is 17.7 Å². The van der Waals surface area contributed by atoms with Gasteiger partial charge in [-0.2, -0.15) is 0 Å². The second-order valence-corrected chi connectivity index (χ2v) is 7.74. The van der Waals surface area contributed by atoms with Crippen molar-refractivity contribution in [3.05, 3.63) is 35.4 Å². The monoisotopic (exact) mass is 367 g/mol. The van der Waals surface area contributed by atoms with Crippen molar-refractivity contribution in [2.45, 2.75) is 45.8 Å². The molecule has 1 amide bonds. The van der Waals surface area contributed by atoms with Crippen molar-refractivity contribution in [3.63, 3.8) is 0 Å². The first-order chi connectivity index (χ1) is 11.6. The summed E-state index contributed by atoms with van der Waals surface area (Å²) in [5, 5.41) is 2.76. The SMILES string of the molecule is COC(=O)c1cccc(CC(CSC(C)=O)NC(=O)OC(C)(C)C)c1. The highest BCUT2D eigenvalue weighted by Crippen LogP contribution is 2.14. The summed E-state index contributed by atoms with van der Waals surface area (Å²) >= 11 is 1.13. The Morgan fingerprint density at radius 3 is 2.48 bits per heavy atom. The third-order valence-corrected chi connectivity index (χ3v) is 4.01. The molecule has 1 aromatic rings. The number of thioether (sulfide) groups is 1. The van der Waals surface area contributed by atoms with Crippen molar-refractivity contribution >= 4 is 28.9 Å². The summed E-state index contributed by atoms with van der Waals surface area (Å²) in [4.78, 5) is 34.9. The van der Waals surface area contributed by atoms with Crippen LogP contribution in [0.5, 0.6) is 0 Å². The Labute approximate surface area is 152 Å². The molecule has 0 aliphatic carbocycles. The molecular formula is C18H25NO5S. The van der Waals surface area contributed by atoms with Gasteiger partial charge in [0.2, 0.25) is 0 Å². The van der Waals surface area contributed by atoms with E-state index in [4.69, 9.17) is 9.47 Å². The molecule has 0 aliphatic heterocycles. The van der Waals surface area contributed by atoms with E-state index in [9.17, 15) is 14.4 Å². The normalized spacial score (nSPS) is 12.2. The Hall–Kier alpha value is -2.02. The summed E-state index contributed by atoms with van der Waals surface area (Å²) in [6.07, 6.45) is -0.0737. The van der Waals surface area contributed by atoms with Crippen molar-refractivity contribution in [2.75, 3.05) is 12.9 Å². The van der Waals surface area contributed by atoms with Gasteiger partial charge in [0.15, 0.2) is 5.12 Å². The highest BCUT2D eigenvalue weighted by molar-refractivity contribution is 8.13. The summed E-state index contributed by atoms with van der Waals surface area (Å²) < 4.78 is 9.99. The molecule has 7 heteroatoms.